The minimum Gasteiger partial charge on any atom is -0.344 e. The van der Waals surface area contributed by atoms with E-state index >= 15 is 0 Å². The zero-order valence-electron chi connectivity index (χ0n) is 11.6. The fraction of sp³-hybridized carbons (Fsp3) is 0.357. The first-order valence-electron chi connectivity index (χ1n) is 6.22. The second kappa shape index (κ2) is 5.22. The highest BCUT2D eigenvalue weighted by atomic mass is 16.1. The Bertz CT molecular complexity index is 589. The fourth-order valence-corrected chi connectivity index (χ4v) is 2.08. The number of pyridine rings is 1. The van der Waals surface area contributed by atoms with Crippen molar-refractivity contribution in [2.24, 2.45) is 7.05 Å². The molecule has 19 heavy (non-hydrogen) atoms. The largest absolute Gasteiger partial charge is 0.344 e. The molecule has 0 spiro atoms. The van der Waals surface area contributed by atoms with Crippen molar-refractivity contribution in [3.63, 3.8) is 0 Å². The number of aryl methyl sites for hydroxylation is 2. The van der Waals surface area contributed by atoms with Gasteiger partial charge in [0.25, 0.3) is 5.91 Å². The van der Waals surface area contributed by atoms with Crippen LogP contribution in [-0.4, -0.2) is 20.7 Å². The van der Waals surface area contributed by atoms with E-state index in [-0.39, 0.29) is 11.9 Å². The van der Waals surface area contributed by atoms with E-state index < -0.39 is 0 Å². The normalized spacial score (nSPS) is 12.2. The van der Waals surface area contributed by atoms with Crippen molar-refractivity contribution in [1.29, 1.82) is 0 Å². The number of hydrogen-bond acceptors (Lipinski definition) is 3. The van der Waals surface area contributed by atoms with Crippen LogP contribution in [0.5, 0.6) is 0 Å². The van der Waals surface area contributed by atoms with Gasteiger partial charge in [-0.3, -0.25) is 14.5 Å². The highest BCUT2D eigenvalue weighted by Crippen LogP contribution is 2.14. The first-order valence-corrected chi connectivity index (χ1v) is 6.22. The predicted molar refractivity (Wildman–Crippen MR) is 72.8 cm³/mol. The van der Waals surface area contributed by atoms with Gasteiger partial charge in [-0.2, -0.15) is 5.10 Å². The van der Waals surface area contributed by atoms with Crippen LogP contribution in [0.4, 0.5) is 0 Å². The molecule has 0 radical (unpaired) electrons. The first kappa shape index (κ1) is 13.3. The number of carbonyl (C=O) groups excluding carboxylic acids is 1. The second-order valence-corrected chi connectivity index (χ2v) is 4.62. The first-order chi connectivity index (χ1) is 9.00. The lowest BCUT2D eigenvalue weighted by Crippen LogP contribution is -2.28. The molecule has 0 aliphatic carbocycles. The molecule has 0 saturated heterocycles. The number of amides is 1. The van der Waals surface area contributed by atoms with Crippen molar-refractivity contribution in [3.8, 4) is 0 Å². The lowest BCUT2D eigenvalue weighted by atomic mass is 10.1. The molecule has 2 aromatic rings. The van der Waals surface area contributed by atoms with Crippen molar-refractivity contribution in [2.75, 3.05) is 0 Å². The van der Waals surface area contributed by atoms with Crippen LogP contribution in [0.1, 0.15) is 40.4 Å². The molecular formula is C14H18N4O. The van der Waals surface area contributed by atoms with Crippen molar-refractivity contribution < 1.29 is 4.79 Å². The molecule has 2 aromatic heterocycles. The Morgan fingerprint density at radius 2 is 2.11 bits per heavy atom. The highest BCUT2D eigenvalue weighted by molar-refractivity contribution is 5.96. The standard InChI is InChI=1S/C14H18N4O/c1-9(12-7-5-6-8-15-12)16-14(19)13-10(2)17-18(4)11(13)3/h5-9H,1-4H3,(H,16,19). The second-order valence-electron chi connectivity index (χ2n) is 4.62. The molecule has 1 unspecified atom stereocenters. The molecule has 0 bridgehead atoms. The summed E-state index contributed by atoms with van der Waals surface area (Å²) in [6.07, 6.45) is 1.72. The molecule has 0 saturated carbocycles. The Morgan fingerprint density at radius 3 is 2.63 bits per heavy atom. The van der Waals surface area contributed by atoms with Gasteiger partial charge in [0.2, 0.25) is 0 Å². The Hall–Kier alpha value is -2.17. The third-order valence-corrected chi connectivity index (χ3v) is 3.22. The lowest BCUT2D eigenvalue weighted by Gasteiger charge is -2.13. The van der Waals surface area contributed by atoms with Gasteiger partial charge in [0.15, 0.2) is 0 Å². The van der Waals surface area contributed by atoms with Gasteiger partial charge in [-0.1, -0.05) is 6.07 Å². The molecule has 0 aromatic carbocycles. The van der Waals surface area contributed by atoms with Gasteiger partial charge < -0.3 is 5.32 Å². The molecule has 0 aliphatic rings. The quantitative estimate of drug-likeness (QED) is 0.915. The van der Waals surface area contributed by atoms with E-state index in [4.69, 9.17) is 0 Å². The van der Waals surface area contributed by atoms with Crippen molar-refractivity contribution >= 4 is 5.91 Å². The number of nitrogens with one attached hydrogen (secondary N) is 1. The maximum Gasteiger partial charge on any atom is 0.255 e. The van der Waals surface area contributed by atoms with Crippen molar-refractivity contribution in [1.82, 2.24) is 20.1 Å². The Morgan fingerprint density at radius 1 is 1.37 bits per heavy atom. The molecule has 2 heterocycles. The number of carbonyl (C=O) groups is 1. The molecule has 1 atom stereocenters. The summed E-state index contributed by atoms with van der Waals surface area (Å²) in [7, 11) is 1.83. The zero-order valence-corrected chi connectivity index (χ0v) is 11.6. The van der Waals surface area contributed by atoms with Gasteiger partial charge in [0.1, 0.15) is 0 Å². The SMILES string of the molecule is Cc1nn(C)c(C)c1C(=O)NC(C)c1ccccn1. The predicted octanol–water partition coefficient (Wildman–Crippen LogP) is 1.92. The summed E-state index contributed by atoms with van der Waals surface area (Å²) in [5, 5.41) is 7.20. The number of nitrogens with zero attached hydrogens (tertiary/aromatic N) is 3. The number of aromatic nitrogens is 3. The van der Waals surface area contributed by atoms with Gasteiger partial charge in [-0.25, -0.2) is 0 Å². The minimum atomic E-state index is -0.132. The van der Waals surface area contributed by atoms with Gasteiger partial charge in [-0.05, 0) is 32.9 Å². The van der Waals surface area contributed by atoms with E-state index in [0.29, 0.717) is 5.56 Å². The average Bonchev–Trinajstić information content (AvgIpc) is 2.64. The van der Waals surface area contributed by atoms with E-state index in [2.05, 4.69) is 15.4 Å². The van der Waals surface area contributed by atoms with Crippen LogP contribution in [0.2, 0.25) is 0 Å². The highest BCUT2D eigenvalue weighted by Gasteiger charge is 2.19. The Labute approximate surface area is 112 Å². The van der Waals surface area contributed by atoms with E-state index in [1.807, 2.05) is 46.0 Å². The molecule has 100 valence electrons. The zero-order chi connectivity index (χ0) is 14.0. The molecule has 5 heteroatoms. The monoisotopic (exact) mass is 258 g/mol. The summed E-state index contributed by atoms with van der Waals surface area (Å²) in [6, 6.07) is 5.53. The topological polar surface area (TPSA) is 59.8 Å². The molecule has 0 fully saturated rings. The van der Waals surface area contributed by atoms with Gasteiger partial charge in [0.05, 0.1) is 23.0 Å². The maximum atomic E-state index is 12.3. The summed E-state index contributed by atoms with van der Waals surface area (Å²) in [5.41, 5.74) is 3.09. The summed E-state index contributed by atoms with van der Waals surface area (Å²) in [5.74, 6) is -0.110. The molecule has 5 nitrogen and oxygen atoms in total. The van der Waals surface area contributed by atoms with E-state index in [1.54, 1.807) is 10.9 Å². The van der Waals surface area contributed by atoms with E-state index in [1.165, 1.54) is 0 Å². The Balaban J connectivity index is 2.18. The van der Waals surface area contributed by atoms with E-state index in [9.17, 15) is 4.79 Å². The molecule has 1 N–H and O–H groups in total. The average molecular weight is 258 g/mol. The van der Waals surface area contributed by atoms with Gasteiger partial charge >= 0.3 is 0 Å². The summed E-state index contributed by atoms with van der Waals surface area (Å²) >= 11 is 0. The van der Waals surface area contributed by atoms with Crippen LogP contribution >= 0.6 is 0 Å². The summed E-state index contributed by atoms with van der Waals surface area (Å²) in [6.45, 7) is 5.65. The van der Waals surface area contributed by atoms with Gasteiger partial charge in [-0.15, -0.1) is 0 Å². The number of hydrogen-bond donors (Lipinski definition) is 1. The molecule has 2 rings (SSSR count). The third-order valence-electron chi connectivity index (χ3n) is 3.22. The Kier molecular flexibility index (Phi) is 3.64. The van der Waals surface area contributed by atoms with Crippen LogP contribution < -0.4 is 5.32 Å². The number of rotatable bonds is 3. The maximum absolute atomic E-state index is 12.3. The van der Waals surface area contributed by atoms with Crippen LogP contribution in [0.15, 0.2) is 24.4 Å². The lowest BCUT2D eigenvalue weighted by molar-refractivity contribution is 0.0938. The fourth-order valence-electron chi connectivity index (χ4n) is 2.08. The van der Waals surface area contributed by atoms with Crippen molar-refractivity contribution in [3.05, 3.63) is 47.0 Å². The van der Waals surface area contributed by atoms with Gasteiger partial charge in [0, 0.05) is 18.9 Å². The van der Waals surface area contributed by atoms with Crippen LogP contribution in [-0.2, 0) is 7.05 Å². The van der Waals surface area contributed by atoms with Crippen LogP contribution in [0, 0.1) is 13.8 Å². The molecular weight excluding hydrogens is 240 g/mol. The minimum absolute atomic E-state index is 0.110. The molecule has 1 amide bonds. The molecule has 0 aliphatic heterocycles. The summed E-state index contributed by atoms with van der Waals surface area (Å²) in [4.78, 5) is 16.5. The van der Waals surface area contributed by atoms with E-state index in [0.717, 1.165) is 17.1 Å². The van der Waals surface area contributed by atoms with Crippen LogP contribution in [0.3, 0.4) is 0 Å². The summed E-state index contributed by atoms with van der Waals surface area (Å²) < 4.78 is 1.72. The van der Waals surface area contributed by atoms with Crippen LogP contribution in [0.25, 0.3) is 0 Å². The smallest absolute Gasteiger partial charge is 0.255 e. The van der Waals surface area contributed by atoms with Crippen molar-refractivity contribution in [2.45, 2.75) is 26.8 Å². The third kappa shape index (κ3) is 2.65.